The monoisotopic (exact) mass is 361 g/mol. The average Bonchev–Trinajstić information content (AvgIpc) is 2.56. The third-order valence-electron chi connectivity index (χ3n) is 2.45. The van der Waals surface area contributed by atoms with E-state index < -0.39 is 11.9 Å². The summed E-state index contributed by atoms with van der Waals surface area (Å²) in [7, 11) is 0. The lowest BCUT2D eigenvalue weighted by Crippen LogP contribution is -2.47. The van der Waals surface area contributed by atoms with Gasteiger partial charge in [0.25, 0.3) is 5.91 Å². The van der Waals surface area contributed by atoms with Crippen molar-refractivity contribution in [3.8, 4) is 0 Å². The molecule has 23 heavy (non-hydrogen) atoms. The van der Waals surface area contributed by atoms with E-state index >= 15 is 0 Å². The number of urea groups is 2. The lowest BCUT2D eigenvalue weighted by atomic mass is 10.2. The van der Waals surface area contributed by atoms with Crippen molar-refractivity contribution in [2.75, 3.05) is 30.2 Å². The van der Waals surface area contributed by atoms with Gasteiger partial charge in [-0.05, 0) is 24.3 Å². The van der Waals surface area contributed by atoms with Gasteiger partial charge in [0.05, 0.1) is 0 Å². The second kappa shape index (κ2) is 10.5. The summed E-state index contributed by atoms with van der Waals surface area (Å²) in [6.45, 7) is 0.640. The zero-order valence-corrected chi connectivity index (χ0v) is 13.6. The van der Waals surface area contributed by atoms with E-state index in [-0.39, 0.29) is 18.5 Å². The Labute approximate surface area is 143 Å². The number of nitrogens with one attached hydrogen (secondary N) is 5. The van der Waals surface area contributed by atoms with Crippen LogP contribution in [0, 0.1) is 0 Å². The van der Waals surface area contributed by atoms with Gasteiger partial charge in [-0.25, -0.2) is 15.0 Å². The summed E-state index contributed by atoms with van der Waals surface area (Å²) in [4.78, 5) is 34.5. The van der Waals surface area contributed by atoms with Gasteiger partial charge < -0.3 is 16.0 Å². The molecule has 0 aromatic heterocycles. The highest BCUT2D eigenvalue weighted by Gasteiger charge is 2.07. The minimum atomic E-state index is -0.562. The van der Waals surface area contributed by atoms with Gasteiger partial charge in [-0.15, -0.1) is 23.2 Å². The number of alkyl halides is 2. The molecule has 0 saturated carbocycles. The maximum atomic E-state index is 11.8. The van der Waals surface area contributed by atoms with Crippen LogP contribution in [0.1, 0.15) is 10.4 Å². The first kappa shape index (κ1) is 18.9. The van der Waals surface area contributed by atoms with E-state index in [0.717, 1.165) is 0 Å². The molecule has 0 aliphatic heterocycles. The molecule has 0 aliphatic carbocycles. The fraction of sp³-hybridized carbons (Fsp3) is 0.308. The zero-order chi connectivity index (χ0) is 17.1. The van der Waals surface area contributed by atoms with Crippen molar-refractivity contribution in [3.05, 3.63) is 29.8 Å². The Bertz CT molecular complexity index is 539. The van der Waals surface area contributed by atoms with Gasteiger partial charge >= 0.3 is 12.1 Å². The van der Waals surface area contributed by atoms with Crippen molar-refractivity contribution in [1.82, 2.24) is 21.5 Å². The summed E-state index contributed by atoms with van der Waals surface area (Å²) < 4.78 is 0. The van der Waals surface area contributed by atoms with Crippen LogP contribution in [0.2, 0.25) is 0 Å². The van der Waals surface area contributed by atoms with E-state index in [1.165, 1.54) is 12.1 Å². The molecule has 1 aromatic rings. The third kappa shape index (κ3) is 7.57. The number of hydrogen-bond acceptors (Lipinski definition) is 3. The van der Waals surface area contributed by atoms with E-state index in [2.05, 4.69) is 26.8 Å². The van der Waals surface area contributed by atoms with Crippen molar-refractivity contribution < 1.29 is 14.4 Å². The van der Waals surface area contributed by atoms with E-state index in [1.54, 1.807) is 12.1 Å². The minimum Gasteiger partial charge on any atom is -0.337 e. The molecule has 0 heterocycles. The summed E-state index contributed by atoms with van der Waals surface area (Å²) in [5, 5.41) is 7.55. The Morgan fingerprint density at radius 3 is 1.96 bits per heavy atom. The first-order valence-corrected chi connectivity index (χ1v) is 7.74. The summed E-state index contributed by atoms with van der Waals surface area (Å²) in [6.07, 6.45) is 0. The van der Waals surface area contributed by atoms with Crippen molar-refractivity contribution in [1.29, 1.82) is 0 Å². The van der Waals surface area contributed by atoms with Gasteiger partial charge in [-0.3, -0.25) is 10.2 Å². The molecule has 0 fully saturated rings. The fourth-order valence-corrected chi connectivity index (χ4v) is 1.62. The summed E-state index contributed by atoms with van der Waals surface area (Å²) >= 11 is 10.9. The van der Waals surface area contributed by atoms with Crippen molar-refractivity contribution in [3.63, 3.8) is 0 Å². The van der Waals surface area contributed by atoms with Crippen molar-refractivity contribution in [2.24, 2.45) is 0 Å². The predicted molar refractivity (Wildman–Crippen MR) is 88.9 cm³/mol. The van der Waals surface area contributed by atoms with Crippen LogP contribution in [0.15, 0.2) is 24.3 Å². The SMILES string of the molecule is O=C(NCCCl)NNC(=O)c1ccc(NC(=O)NCCCl)cc1. The highest BCUT2D eigenvalue weighted by Crippen LogP contribution is 2.09. The molecule has 0 atom stereocenters. The molecule has 1 rings (SSSR count). The normalized spacial score (nSPS) is 9.65. The van der Waals surface area contributed by atoms with E-state index in [1.807, 2.05) is 0 Å². The first-order chi connectivity index (χ1) is 11.1. The molecule has 8 nitrogen and oxygen atoms in total. The van der Waals surface area contributed by atoms with E-state index in [0.29, 0.717) is 23.7 Å². The Morgan fingerprint density at radius 1 is 0.826 bits per heavy atom. The number of hydrogen-bond donors (Lipinski definition) is 5. The number of rotatable bonds is 6. The number of carbonyl (C=O) groups is 3. The largest absolute Gasteiger partial charge is 0.337 e. The minimum absolute atomic E-state index is 0.272. The second-order valence-electron chi connectivity index (χ2n) is 4.17. The van der Waals surface area contributed by atoms with Gasteiger partial charge in [-0.1, -0.05) is 0 Å². The van der Waals surface area contributed by atoms with Crippen LogP contribution < -0.4 is 26.8 Å². The van der Waals surface area contributed by atoms with Crippen LogP contribution in [-0.2, 0) is 0 Å². The maximum Gasteiger partial charge on any atom is 0.333 e. The smallest absolute Gasteiger partial charge is 0.333 e. The highest BCUT2D eigenvalue weighted by atomic mass is 35.5. The standard InChI is InChI=1S/C13H17Cl2N5O3/c14-5-7-16-12(22)18-10-3-1-9(2-4-10)11(21)19-20-13(23)17-8-6-15/h1-4H,5-8H2,(H,19,21)(H2,16,18,22)(H2,17,20,23). The number of halogens is 2. The van der Waals surface area contributed by atoms with Crippen LogP contribution in [0.3, 0.4) is 0 Å². The first-order valence-electron chi connectivity index (χ1n) is 6.68. The lowest BCUT2D eigenvalue weighted by molar-refractivity contribution is 0.0936. The Hall–Kier alpha value is -2.19. The van der Waals surface area contributed by atoms with Gasteiger partial charge in [-0.2, -0.15) is 0 Å². The molecular weight excluding hydrogens is 345 g/mol. The molecule has 5 N–H and O–H groups in total. The molecule has 5 amide bonds. The van der Waals surface area contributed by atoms with Crippen LogP contribution >= 0.6 is 23.2 Å². The maximum absolute atomic E-state index is 11.8. The molecule has 0 saturated heterocycles. The third-order valence-corrected chi connectivity index (χ3v) is 2.83. The molecule has 0 aliphatic rings. The quantitative estimate of drug-likeness (QED) is 0.388. The predicted octanol–water partition coefficient (Wildman–Crippen LogP) is 1.23. The van der Waals surface area contributed by atoms with Gasteiger partial charge in [0.1, 0.15) is 0 Å². The Balaban J connectivity index is 2.44. The average molecular weight is 362 g/mol. The summed E-state index contributed by atoms with van der Waals surface area (Å²) in [5.74, 6) is 0.0934. The van der Waals surface area contributed by atoms with Gasteiger partial charge in [0, 0.05) is 36.1 Å². The van der Waals surface area contributed by atoms with Crippen LogP contribution in [0.25, 0.3) is 0 Å². The number of benzene rings is 1. The van der Waals surface area contributed by atoms with Gasteiger partial charge in [0.2, 0.25) is 0 Å². The molecule has 0 radical (unpaired) electrons. The van der Waals surface area contributed by atoms with Crippen LogP contribution in [0.4, 0.5) is 15.3 Å². The number of hydrazine groups is 1. The molecular formula is C13H17Cl2N5O3. The molecule has 0 unspecified atom stereocenters. The molecule has 1 aromatic carbocycles. The second-order valence-corrected chi connectivity index (χ2v) is 4.93. The van der Waals surface area contributed by atoms with Crippen LogP contribution in [0.5, 0.6) is 0 Å². The molecule has 10 heteroatoms. The number of carbonyl (C=O) groups excluding carboxylic acids is 3. The highest BCUT2D eigenvalue weighted by molar-refractivity contribution is 6.18. The van der Waals surface area contributed by atoms with Crippen molar-refractivity contribution >= 4 is 46.9 Å². The molecule has 0 bridgehead atoms. The topological polar surface area (TPSA) is 111 Å². The van der Waals surface area contributed by atoms with Crippen molar-refractivity contribution in [2.45, 2.75) is 0 Å². The molecule has 126 valence electrons. The van der Waals surface area contributed by atoms with E-state index in [9.17, 15) is 14.4 Å². The summed E-state index contributed by atoms with van der Waals surface area (Å²) in [6, 6.07) is 5.18. The number of anilines is 1. The van der Waals surface area contributed by atoms with Gasteiger partial charge in [0.15, 0.2) is 0 Å². The lowest BCUT2D eigenvalue weighted by Gasteiger charge is -2.09. The van der Waals surface area contributed by atoms with Crippen LogP contribution in [-0.4, -0.2) is 42.8 Å². The summed E-state index contributed by atoms with van der Waals surface area (Å²) in [5.41, 5.74) is 5.25. The fourth-order valence-electron chi connectivity index (χ4n) is 1.43. The number of amides is 5. The zero-order valence-electron chi connectivity index (χ0n) is 12.1. The van der Waals surface area contributed by atoms with E-state index in [4.69, 9.17) is 23.2 Å². The Morgan fingerprint density at radius 2 is 1.39 bits per heavy atom. The molecule has 0 spiro atoms. The Kier molecular flexibility index (Phi) is 8.63.